The van der Waals surface area contributed by atoms with Gasteiger partial charge in [0.1, 0.15) is 17.4 Å². The fourth-order valence-corrected chi connectivity index (χ4v) is 6.48. The molecule has 2 heterocycles. The Balaban J connectivity index is 1.50. The Bertz CT molecular complexity index is 1220. The van der Waals surface area contributed by atoms with Crippen molar-refractivity contribution in [3.8, 4) is 0 Å². The van der Waals surface area contributed by atoms with Crippen LogP contribution in [0.4, 0.5) is 0 Å². The number of Topliss-reactive ketones (excluding diaryl/α,β-unsaturated/α-hetero) is 1. The molecule has 4 rings (SSSR count). The van der Waals surface area contributed by atoms with Gasteiger partial charge in [0.05, 0.1) is 11.0 Å². The maximum atomic E-state index is 13.7. The molecule has 212 valence electrons. The van der Waals surface area contributed by atoms with Gasteiger partial charge >= 0.3 is 0 Å². The van der Waals surface area contributed by atoms with Crippen LogP contribution in [0.5, 0.6) is 0 Å². The number of hydrogen-bond acceptors (Lipinski definition) is 4. The standard InChI is InChI=1S/C34H43BrN4O/c1-4-13-26(19-11-20-31(40)33(28-17-9-10-18-28)27-15-7-6-8-16-27)30-22-32(37-24-25-14-12-21-36-23-25)39(3)34(38-30)29(35)5-2/h5-8,12,14-16,21-23,26,28,33,38H,2,4,9-11,13,17-20,24H2,1,3H3/b34-29+,37-32?. The molecule has 1 aromatic heterocycles. The number of carbonyl (C=O) groups excluding carboxylic acids is 1. The second kappa shape index (κ2) is 15.1. The summed E-state index contributed by atoms with van der Waals surface area (Å²) in [5.41, 5.74) is 3.42. The van der Waals surface area contributed by atoms with Gasteiger partial charge in [-0.15, -0.1) is 0 Å². The number of allylic oxidation sites excluding steroid dienone is 3. The largest absolute Gasteiger partial charge is 0.344 e. The van der Waals surface area contributed by atoms with Gasteiger partial charge in [0.2, 0.25) is 0 Å². The average molecular weight is 604 g/mol. The van der Waals surface area contributed by atoms with Gasteiger partial charge in [-0.05, 0) is 77.1 Å². The molecule has 0 bridgehead atoms. The fraction of sp³-hybridized carbons (Fsp3) is 0.441. The van der Waals surface area contributed by atoms with Gasteiger partial charge in [-0.1, -0.05) is 75.2 Å². The van der Waals surface area contributed by atoms with Gasteiger partial charge in [-0.3, -0.25) is 14.8 Å². The summed E-state index contributed by atoms with van der Waals surface area (Å²) in [6.07, 6.45) is 17.1. The van der Waals surface area contributed by atoms with Crippen LogP contribution in [0.3, 0.4) is 0 Å². The second-order valence-corrected chi connectivity index (χ2v) is 11.9. The number of aliphatic imine (C=N–C) groups is 1. The molecule has 0 amide bonds. The molecular weight excluding hydrogens is 560 g/mol. The van der Waals surface area contributed by atoms with Crippen LogP contribution in [0.25, 0.3) is 0 Å². The third kappa shape index (κ3) is 7.81. The Morgan fingerprint density at radius 1 is 1.20 bits per heavy atom. The molecule has 0 radical (unpaired) electrons. The number of hydrogen-bond donors (Lipinski definition) is 1. The van der Waals surface area contributed by atoms with Gasteiger partial charge < -0.3 is 10.2 Å². The first-order valence-electron chi connectivity index (χ1n) is 14.8. The number of rotatable bonds is 13. The molecule has 5 nitrogen and oxygen atoms in total. The van der Waals surface area contributed by atoms with E-state index in [1.807, 2.05) is 31.4 Å². The Morgan fingerprint density at radius 2 is 1.98 bits per heavy atom. The maximum absolute atomic E-state index is 13.7. The van der Waals surface area contributed by atoms with E-state index < -0.39 is 0 Å². The molecular formula is C34H43BrN4O. The second-order valence-electron chi connectivity index (χ2n) is 11.0. The highest BCUT2D eigenvalue weighted by molar-refractivity contribution is 9.11. The number of amidine groups is 1. The maximum Gasteiger partial charge on any atom is 0.140 e. The Kier molecular flexibility index (Phi) is 11.3. The lowest BCUT2D eigenvalue weighted by atomic mass is 9.80. The zero-order valence-corrected chi connectivity index (χ0v) is 25.6. The van der Waals surface area contributed by atoms with Gasteiger partial charge in [0.15, 0.2) is 0 Å². The summed E-state index contributed by atoms with van der Waals surface area (Å²) in [5, 5.41) is 3.67. The van der Waals surface area contributed by atoms with E-state index in [1.165, 1.54) is 31.2 Å². The van der Waals surface area contributed by atoms with E-state index >= 15 is 0 Å². The first-order valence-corrected chi connectivity index (χ1v) is 15.6. The van der Waals surface area contributed by atoms with Gasteiger partial charge in [-0.2, -0.15) is 0 Å². The highest BCUT2D eigenvalue weighted by Crippen LogP contribution is 2.39. The van der Waals surface area contributed by atoms with E-state index in [0.717, 1.165) is 53.1 Å². The first-order chi connectivity index (χ1) is 19.5. The van der Waals surface area contributed by atoms with E-state index in [0.29, 0.717) is 30.6 Å². The molecule has 0 spiro atoms. The van der Waals surface area contributed by atoms with Gasteiger partial charge in [-0.25, -0.2) is 0 Å². The number of likely N-dealkylation sites (N-methyl/N-ethyl adjacent to an activating group) is 1. The van der Waals surface area contributed by atoms with E-state index in [2.05, 4.69) is 75.0 Å². The summed E-state index contributed by atoms with van der Waals surface area (Å²) in [6, 6.07) is 14.5. The van der Waals surface area contributed by atoms with E-state index in [1.54, 1.807) is 12.3 Å². The van der Waals surface area contributed by atoms with Crippen LogP contribution in [0, 0.1) is 11.8 Å². The number of aromatic nitrogens is 1. The summed E-state index contributed by atoms with van der Waals surface area (Å²) in [7, 11) is 2.02. The molecule has 2 aromatic rings. The van der Waals surface area contributed by atoms with Crippen LogP contribution in [0.1, 0.15) is 81.8 Å². The molecule has 1 N–H and O–H groups in total. The summed E-state index contributed by atoms with van der Waals surface area (Å²) in [6.45, 7) is 6.75. The zero-order valence-electron chi connectivity index (χ0n) is 24.0. The van der Waals surface area contributed by atoms with Crippen molar-refractivity contribution in [1.82, 2.24) is 15.2 Å². The minimum atomic E-state index is 0.0401. The summed E-state index contributed by atoms with van der Waals surface area (Å²) in [4.78, 5) is 24.9. The van der Waals surface area contributed by atoms with Crippen molar-refractivity contribution in [3.05, 3.63) is 101 Å². The summed E-state index contributed by atoms with van der Waals surface area (Å²) in [5.74, 6) is 3.08. The van der Waals surface area contributed by atoms with Crippen molar-refractivity contribution in [2.45, 2.75) is 77.2 Å². The van der Waals surface area contributed by atoms with Crippen molar-refractivity contribution >= 4 is 27.5 Å². The van der Waals surface area contributed by atoms with E-state index in [4.69, 9.17) is 4.99 Å². The normalized spacial score (nSPS) is 19.6. The van der Waals surface area contributed by atoms with Crippen LogP contribution in [-0.4, -0.2) is 28.6 Å². The summed E-state index contributed by atoms with van der Waals surface area (Å²) < 4.78 is 0.891. The molecule has 1 aliphatic carbocycles. The topological polar surface area (TPSA) is 57.6 Å². The number of nitrogens with zero attached hydrogens (tertiary/aromatic N) is 3. The first kappa shape index (κ1) is 30.0. The molecule has 1 saturated carbocycles. The van der Waals surface area contributed by atoms with Crippen molar-refractivity contribution in [2.24, 2.45) is 16.8 Å². The Morgan fingerprint density at radius 3 is 2.65 bits per heavy atom. The minimum absolute atomic E-state index is 0.0401. The van der Waals surface area contributed by atoms with Gasteiger partial charge in [0, 0.05) is 43.6 Å². The van der Waals surface area contributed by atoms with Crippen molar-refractivity contribution in [1.29, 1.82) is 0 Å². The highest BCUT2D eigenvalue weighted by Gasteiger charge is 2.32. The Labute approximate surface area is 248 Å². The molecule has 1 aliphatic heterocycles. The van der Waals surface area contributed by atoms with E-state index in [-0.39, 0.29) is 5.92 Å². The molecule has 40 heavy (non-hydrogen) atoms. The van der Waals surface area contributed by atoms with E-state index in [9.17, 15) is 4.79 Å². The zero-order chi connectivity index (χ0) is 28.3. The molecule has 2 aliphatic rings. The quantitative estimate of drug-likeness (QED) is 0.250. The minimum Gasteiger partial charge on any atom is -0.344 e. The highest BCUT2D eigenvalue weighted by atomic mass is 79.9. The molecule has 2 atom stereocenters. The lowest BCUT2D eigenvalue weighted by molar-refractivity contribution is -0.121. The lowest BCUT2D eigenvalue weighted by Crippen LogP contribution is -2.40. The molecule has 6 heteroatoms. The third-order valence-corrected chi connectivity index (χ3v) is 8.91. The summed E-state index contributed by atoms with van der Waals surface area (Å²) >= 11 is 3.68. The predicted molar refractivity (Wildman–Crippen MR) is 169 cm³/mol. The van der Waals surface area contributed by atoms with Crippen LogP contribution in [0.2, 0.25) is 0 Å². The number of benzene rings is 1. The lowest BCUT2D eigenvalue weighted by Gasteiger charge is -2.34. The predicted octanol–water partition coefficient (Wildman–Crippen LogP) is 8.28. The monoisotopic (exact) mass is 602 g/mol. The van der Waals surface area contributed by atoms with Crippen LogP contribution >= 0.6 is 15.9 Å². The number of halogens is 1. The van der Waals surface area contributed by atoms with Crippen LogP contribution in [-0.2, 0) is 11.3 Å². The van der Waals surface area contributed by atoms with Gasteiger partial charge in [0.25, 0.3) is 0 Å². The van der Waals surface area contributed by atoms with Crippen LogP contribution < -0.4 is 5.32 Å². The molecule has 2 unspecified atom stereocenters. The third-order valence-electron chi connectivity index (χ3n) is 8.21. The number of carbonyl (C=O) groups is 1. The Hall–Kier alpha value is -2.99. The average Bonchev–Trinajstić information content (AvgIpc) is 3.51. The van der Waals surface area contributed by atoms with Crippen molar-refractivity contribution < 1.29 is 4.79 Å². The number of nitrogens with one attached hydrogen (secondary N) is 1. The molecule has 1 fully saturated rings. The smallest absolute Gasteiger partial charge is 0.140 e. The molecule has 0 saturated heterocycles. The molecule has 1 aromatic carbocycles. The van der Waals surface area contributed by atoms with Crippen LogP contribution in [0.15, 0.2) is 94.6 Å². The van der Waals surface area contributed by atoms with Crippen molar-refractivity contribution in [3.63, 3.8) is 0 Å². The number of ketones is 1. The fourth-order valence-electron chi connectivity index (χ4n) is 6.11. The van der Waals surface area contributed by atoms with Crippen molar-refractivity contribution in [2.75, 3.05) is 7.05 Å². The number of pyridine rings is 1. The SMILES string of the molecule is C=C/C(Br)=C1/NC(C(CCC)CCCC(=O)C(c2ccccc2)C2CCCC2)=CC(=NCc2cccnc2)N1C.